The summed E-state index contributed by atoms with van der Waals surface area (Å²) in [7, 11) is 0. The third-order valence-corrected chi connectivity index (χ3v) is 6.97. The van der Waals surface area contributed by atoms with E-state index in [0.717, 1.165) is 5.57 Å². The van der Waals surface area contributed by atoms with Crippen LogP contribution in [0.15, 0.2) is 84.5 Å². The third-order valence-electron chi connectivity index (χ3n) is 6.97. The summed E-state index contributed by atoms with van der Waals surface area (Å²) in [6.45, 7) is 1.74. The van der Waals surface area contributed by atoms with Gasteiger partial charge in [0.25, 0.3) is 5.91 Å². The highest BCUT2D eigenvalue weighted by Crippen LogP contribution is 2.57. The summed E-state index contributed by atoms with van der Waals surface area (Å²) in [6, 6.07) is 8.23. The maximum absolute atomic E-state index is 14.8. The molecule has 3 aromatic rings. The lowest BCUT2D eigenvalue weighted by atomic mass is 9.72. The fraction of sp³-hybridized carbons (Fsp3) is 0.200. The second-order valence-electron chi connectivity index (χ2n) is 9.99. The first kappa shape index (κ1) is 31.0. The molecule has 0 bridgehead atoms. The zero-order valence-corrected chi connectivity index (χ0v) is 22.3. The number of hydrogen-bond donors (Lipinski definition) is 5. The number of alkyl halides is 6. The van der Waals surface area contributed by atoms with Crippen LogP contribution in [0.2, 0.25) is 0 Å². The van der Waals surface area contributed by atoms with Gasteiger partial charge >= 0.3 is 12.4 Å². The van der Waals surface area contributed by atoms with Crippen LogP contribution in [-0.4, -0.2) is 34.4 Å². The molecule has 1 aliphatic carbocycles. The number of halogens is 6. The number of nitrogens with two attached hydrogens (primary N) is 1. The minimum absolute atomic E-state index is 0.0693. The summed E-state index contributed by atoms with van der Waals surface area (Å²) in [4.78, 5) is 25.5. The summed E-state index contributed by atoms with van der Waals surface area (Å²) >= 11 is 0. The van der Waals surface area contributed by atoms with Gasteiger partial charge in [-0.2, -0.15) is 26.3 Å². The average molecular weight is 606 g/mol. The molecule has 13 heteroatoms. The van der Waals surface area contributed by atoms with Crippen molar-refractivity contribution >= 4 is 28.9 Å². The van der Waals surface area contributed by atoms with Gasteiger partial charge in [0.2, 0.25) is 11.3 Å². The molecule has 0 heterocycles. The van der Waals surface area contributed by atoms with Crippen LogP contribution in [0.5, 0.6) is 11.5 Å². The predicted molar refractivity (Wildman–Crippen MR) is 148 cm³/mol. The molecule has 2 amide bonds. The summed E-state index contributed by atoms with van der Waals surface area (Å²) in [5, 5.41) is 24.9. The molecule has 0 radical (unpaired) electrons. The first-order valence-electron chi connectivity index (χ1n) is 12.7. The SMILES string of the molecule is CC1=CC=CC(C(=O)Nc2cc(C(c3ccc(O)c(NC(=O)c4cccc(N)c4)c3)(C(F)(F)F)C(F)(F)F)ccc2O)C1. The molecule has 0 aromatic heterocycles. The van der Waals surface area contributed by atoms with E-state index in [0.29, 0.717) is 36.4 Å². The third kappa shape index (κ3) is 6.01. The van der Waals surface area contributed by atoms with Crippen LogP contribution < -0.4 is 16.4 Å². The minimum atomic E-state index is -6.04. The number of phenols is 2. The highest BCUT2D eigenvalue weighted by molar-refractivity contribution is 6.05. The Labute approximate surface area is 241 Å². The molecular weight excluding hydrogens is 580 g/mol. The van der Waals surface area contributed by atoms with E-state index < -0.39 is 69.5 Å². The molecule has 7 nitrogen and oxygen atoms in total. The van der Waals surface area contributed by atoms with E-state index in [9.17, 15) is 46.1 Å². The van der Waals surface area contributed by atoms with E-state index in [1.165, 1.54) is 30.3 Å². The van der Waals surface area contributed by atoms with Gasteiger partial charge in [-0.15, -0.1) is 0 Å². The van der Waals surface area contributed by atoms with E-state index in [1.807, 2.05) is 0 Å². The van der Waals surface area contributed by atoms with Gasteiger partial charge in [0.15, 0.2) is 0 Å². The summed E-state index contributed by atoms with van der Waals surface area (Å²) in [6.07, 6.45) is -6.98. The topological polar surface area (TPSA) is 125 Å². The van der Waals surface area contributed by atoms with Gasteiger partial charge in [-0.1, -0.05) is 42.0 Å². The van der Waals surface area contributed by atoms with E-state index >= 15 is 0 Å². The van der Waals surface area contributed by atoms with Crippen LogP contribution in [0, 0.1) is 5.92 Å². The first-order valence-corrected chi connectivity index (χ1v) is 12.7. The Kier molecular flexibility index (Phi) is 8.21. The number of aromatic hydroxyl groups is 2. The number of nitrogens with one attached hydrogen (secondary N) is 2. The molecule has 0 saturated carbocycles. The van der Waals surface area contributed by atoms with Crippen LogP contribution in [-0.2, 0) is 10.2 Å². The van der Waals surface area contributed by atoms with Crippen LogP contribution in [0.3, 0.4) is 0 Å². The van der Waals surface area contributed by atoms with Crippen molar-refractivity contribution in [2.45, 2.75) is 31.1 Å². The monoisotopic (exact) mass is 605 g/mol. The number of anilines is 3. The number of rotatable bonds is 6. The van der Waals surface area contributed by atoms with Crippen molar-refractivity contribution in [3.8, 4) is 11.5 Å². The Bertz CT molecular complexity index is 1610. The number of amides is 2. The van der Waals surface area contributed by atoms with Crippen molar-refractivity contribution in [3.05, 3.63) is 101 Å². The van der Waals surface area contributed by atoms with E-state index in [-0.39, 0.29) is 17.7 Å². The number of allylic oxidation sites excluding steroid dienone is 3. The summed E-state index contributed by atoms with van der Waals surface area (Å²) < 4.78 is 89.0. The highest BCUT2D eigenvalue weighted by Gasteiger charge is 2.72. The quantitative estimate of drug-likeness (QED) is 0.120. The maximum Gasteiger partial charge on any atom is 0.411 e. The molecule has 1 atom stereocenters. The highest BCUT2D eigenvalue weighted by atomic mass is 19.4. The largest absolute Gasteiger partial charge is 0.506 e. The smallest absolute Gasteiger partial charge is 0.411 e. The molecular formula is C30H25F6N3O4. The van der Waals surface area contributed by atoms with Crippen LogP contribution in [0.25, 0.3) is 0 Å². The van der Waals surface area contributed by atoms with Gasteiger partial charge in [-0.25, -0.2) is 0 Å². The van der Waals surface area contributed by atoms with Crippen LogP contribution in [0.4, 0.5) is 43.4 Å². The van der Waals surface area contributed by atoms with E-state index in [4.69, 9.17) is 5.73 Å². The molecule has 43 heavy (non-hydrogen) atoms. The predicted octanol–water partition coefficient (Wildman–Crippen LogP) is 6.80. The van der Waals surface area contributed by atoms with Crippen molar-refractivity contribution in [1.29, 1.82) is 0 Å². The molecule has 0 aliphatic heterocycles. The number of carbonyl (C=O) groups excluding carboxylic acids is 2. The second kappa shape index (κ2) is 11.4. The average Bonchev–Trinajstić information content (AvgIpc) is 2.91. The Morgan fingerprint density at radius 3 is 1.91 bits per heavy atom. The van der Waals surface area contributed by atoms with Crippen molar-refractivity contribution < 1.29 is 46.1 Å². The van der Waals surface area contributed by atoms with Gasteiger partial charge in [0.05, 0.1) is 17.3 Å². The number of hydrogen-bond acceptors (Lipinski definition) is 5. The maximum atomic E-state index is 14.8. The second-order valence-corrected chi connectivity index (χ2v) is 9.99. The Morgan fingerprint density at radius 2 is 1.40 bits per heavy atom. The Hall–Kier alpha value is -4.94. The number of nitrogen functional groups attached to an aromatic ring is 1. The minimum Gasteiger partial charge on any atom is -0.506 e. The fourth-order valence-corrected chi connectivity index (χ4v) is 4.84. The molecule has 4 rings (SSSR count). The zero-order valence-electron chi connectivity index (χ0n) is 22.3. The molecule has 0 spiro atoms. The van der Waals surface area contributed by atoms with Crippen molar-refractivity contribution in [1.82, 2.24) is 0 Å². The van der Waals surface area contributed by atoms with Crippen LogP contribution in [0.1, 0.15) is 34.8 Å². The van der Waals surface area contributed by atoms with Gasteiger partial charge in [0, 0.05) is 11.3 Å². The molecule has 6 N–H and O–H groups in total. The van der Waals surface area contributed by atoms with Gasteiger partial charge in [0.1, 0.15) is 11.5 Å². The van der Waals surface area contributed by atoms with Crippen LogP contribution >= 0.6 is 0 Å². The number of carbonyl (C=O) groups is 2. The zero-order chi connectivity index (χ0) is 31.7. The normalized spacial score (nSPS) is 15.5. The van der Waals surface area contributed by atoms with Crippen molar-refractivity contribution in [3.63, 3.8) is 0 Å². The van der Waals surface area contributed by atoms with E-state index in [1.54, 1.807) is 19.1 Å². The standard InChI is InChI=1S/C30H25F6N3O4/c1-16-4-2-5-17(12-16)26(42)38-22-14-19(8-10-24(22)40)28(29(31,32)33,30(34,35)36)20-9-11-25(41)23(15-20)39-27(43)18-6-3-7-21(37)13-18/h2-11,13-15,17,40-41H,12,37H2,1H3,(H,38,42)(H,39,43). The van der Waals surface area contributed by atoms with Gasteiger partial charge in [-0.3, -0.25) is 9.59 Å². The molecule has 0 fully saturated rings. The summed E-state index contributed by atoms with van der Waals surface area (Å²) in [5.74, 6) is -4.05. The molecule has 0 saturated heterocycles. The number of phenolic OH excluding ortho intramolecular Hbond substituents is 2. The fourth-order valence-electron chi connectivity index (χ4n) is 4.84. The Balaban J connectivity index is 1.83. The first-order chi connectivity index (χ1) is 20.0. The van der Waals surface area contributed by atoms with Gasteiger partial charge < -0.3 is 26.6 Å². The molecule has 1 unspecified atom stereocenters. The number of benzene rings is 3. The lowest BCUT2D eigenvalue weighted by Crippen LogP contribution is -2.54. The van der Waals surface area contributed by atoms with Gasteiger partial charge in [-0.05, 0) is 66.9 Å². The lowest BCUT2D eigenvalue weighted by molar-refractivity contribution is -0.288. The van der Waals surface area contributed by atoms with E-state index in [2.05, 4.69) is 10.6 Å². The molecule has 1 aliphatic rings. The Morgan fingerprint density at radius 1 is 0.837 bits per heavy atom. The molecule has 3 aromatic carbocycles. The van der Waals surface area contributed by atoms with Crippen molar-refractivity contribution in [2.75, 3.05) is 16.4 Å². The van der Waals surface area contributed by atoms with Crippen molar-refractivity contribution in [2.24, 2.45) is 5.92 Å². The summed E-state index contributed by atoms with van der Waals surface area (Å²) in [5.41, 5.74) is -2.35. The molecule has 226 valence electrons. The lowest BCUT2D eigenvalue weighted by Gasteiger charge is -2.38.